The van der Waals surface area contributed by atoms with Gasteiger partial charge in [-0.15, -0.1) is 0 Å². The average molecular weight is 276 g/mol. The van der Waals surface area contributed by atoms with Crippen LogP contribution < -0.4 is 0 Å². The van der Waals surface area contributed by atoms with Gasteiger partial charge in [0.1, 0.15) is 17.7 Å². The van der Waals surface area contributed by atoms with Crippen LogP contribution in [0.2, 0.25) is 0 Å². The van der Waals surface area contributed by atoms with E-state index in [1.807, 2.05) is 30.3 Å². The Balaban J connectivity index is 2.01. The van der Waals surface area contributed by atoms with E-state index in [1.165, 1.54) is 0 Å². The van der Waals surface area contributed by atoms with Gasteiger partial charge in [-0.1, -0.05) is 30.3 Å². The quantitative estimate of drug-likeness (QED) is 0.777. The first-order valence-corrected chi connectivity index (χ1v) is 6.22. The zero-order chi connectivity index (χ0) is 14.5. The molecule has 0 fully saturated rings. The summed E-state index contributed by atoms with van der Waals surface area (Å²) in [7, 11) is 0. The zero-order valence-corrected chi connectivity index (χ0v) is 11.0. The summed E-state index contributed by atoms with van der Waals surface area (Å²) in [6, 6.07) is 12.2. The molecule has 104 valence electrons. The van der Waals surface area contributed by atoms with Crippen LogP contribution in [0.1, 0.15) is 22.8 Å². The Bertz CT molecular complexity index is 597. The number of hydrogen-bond donors (Lipinski definition) is 0. The molecule has 20 heavy (non-hydrogen) atoms. The van der Waals surface area contributed by atoms with Gasteiger partial charge in [0.15, 0.2) is 5.78 Å². The molecule has 0 aliphatic carbocycles. The SMILES string of the molecule is C[C@H](OCc1ccccc1)C(=O)c1ccc(F)cc1F. The summed E-state index contributed by atoms with van der Waals surface area (Å²) in [6.07, 6.45) is -0.796. The fourth-order valence-corrected chi connectivity index (χ4v) is 1.78. The summed E-state index contributed by atoms with van der Waals surface area (Å²) >= 11 is 0. The Morgan fingerprint density at radius 3 is 2.50 bits per heavy atom. The Kier molecular flexibility index (Phi) is 4.58. The van der Waals surface area contributed by atoms with Crippen molar-refractivity contribution >= 4 is 5.78 Å². The van der Waals surface area contributed by atoms with Crippen molar-refractivity contribution in [2.45, 2.75) is 19.6 Å². The predicted octanol–water partition coefficient (Wildman–Crippen LogP) is 3.75. The second-order valence-electron chi connectivity index (χ2n) is 4.43. The number of ether oxygens (including phenoxy) is 1. The first kappa shape index (κ1) is 14.3. The highest BCUT2D eigenvalue weighted by atomic mass is 19.1. The number of benzene rings is 2. The maximum absolute atomic E-state index is 13.5. The smallest absolute Gasteiger partial charge is 0.194 e. The molecule has 0 aliphatic rings. The largest absolute Gasteiger partial charge is 0.366 e. The fraction of sp³-hybridized carbons (Fsp3) is 0.188. The molecule has 0 unspecified atom stereocenters. The maximum Gasteiger partial charge on any atom is 0.194 e. The molecule has 2 rings (SSSR count). The van der Waals surface area contributed by atoms with Crippen LogP contribution in [0.3, 0.4) is 0 Å². The molecule has 0 radical (unpaired) electrons. The Morgan fingerprint density at radius 1 is 1.15 bits per heavy atom. The van der Waals surface area contributed by atoms with Gasteiger partial charge in [0.2, 0.25) is 0 Å². The minimum atomic E-state index is -0.870. The molecule has 2 aromatic carbocycles. The van der Waals surface area contributed by atoms with Crippen LogP contribution >= 0.6 is 0 Å². The monoisotopic (exact) mass is 276 g/mol. The van der Waals surface area contributed by atoms with E-state index in [0.29, 0.717) is 6.07 Å². The van der Waals surface area contributed by atoms with Crippen LogP contribution in [-0.4, -0.2) is 11.9 Å². The third-order valence-electron chi connectivity index (χ3n) is 2.91. The molecule has 0 heterocycles. The lowest BCUT2D eigenvalue weighted by molar-refractivity contribution is 0.0408. The summed E-state index contributed by atoms with van der Waals surface area (Å²) in [5, 5.41) is 0. The van der Waals surface area contributed by atoms with Crippen LogP contribution in [-0.2, 0) is 11.3 Å². The number of carbonyl (C=O) groups excluding carboxylic acids is 1. The molecular weight excluding hydrogens is 262 g/mol. The first-order chi connectivity index (χ1) is 9.58. The predicted molar refractivity (Wildman–Crippen MR) is 71.4 cm³/mol. The Hall–Kier alpha value is -2.07. The van der Waals surface area contributed by atoms with Crippen molar-refractivity contribution in [3.8, 4) is 0 Å². The molecule has 2 nitrogen and oxygen atoms in total. The van der Waals surface area contributed by atoms with E-state index in [0.717, 1.165) is 17.7 Å². The number of hydrogen-bond acceptors (Lipinski definition) is 2. The third kappa shape index (κ3) is 3.48. The zero-order valence-electron chi connectivity index (χ0n) is 11.0. The average Bonchev–Trinajstić information content (AvgIpc) is 2.45. The van der Waals surface area contributed by atoms with Crippen LogP contribution in [0, 0.1) is 11.6 Å². The highest BCUT2D eigenvalue weighted by molar-refractivity contribution is 5.99. The second-order valence-corrected chi connectivity index (χ2v) is 4.43. The summed E-state index contributed by atoms with van der Waals surface area (Å²) in [5.41, 5.74) is 0.763. The summed E-state index contributed by atoms with van der Waals surface area (Å²) < 4.78 is 31.7. The van der Waals surface area contributed by atoms with Crippen molar-refractivity contribution in [1.29, 1.82) is 0 Å². The van der Waals surface area contributed by atoms with Crippen molar-refractivity contribution < 1.29 is 18.3 Å². The lowest BCUT2D eigenvalue weighted by atomic mass is 10.1. The van der Waals surface area contributed by atoms with E-state index < -0.39 is 23.5 Å². The van der Waals surface area contributed by atoms with Gasteiger partial charge in [-0.05, 0) is 24.6 Å². The summed E-state index contributed by atoms with van der Waals surface area (Å²) in [4.78, 5) is 12.0. The van der Waals surface area contributed by atoms with E-state index in [-0.39, 0.29) is 12.2 Å². The van der Waals surface area contributed by atoms with Crippen molar-refractivity contribution in [3.63, 3.8) is 0 Å². The lowest BCUT2D eigenvalue weighted by Gasteiger charge is -2.12. The molecular formula is C16H14F2O2. The van der Waals surface area contributed by atoms with Gasteiger partial charge in [-0.3, -0.25) is 4.79 Å². The van der Waals surface area contributed by atoms with E-state index in [1.54, 1.807) is 6.92 Å². The lowest BCUT2D eigenvalue weighted by Crippen LogP contribution is -2.22. The van der Waals surface area contributed by atoms with Gasteiger partial charge in [0.05, 0.1) is 12.2 Å². The van der Waals surface area contributed by atoms with Crippen molar-refractivity contribution in [1.82, 2.24) is 0 Å². The van der Waals surface area contributed by atoms with E-state index in [2.05, 4.69) is 0 Å². The number of ketones is 1. The van der Waals surface area contributed by atoms with Gasteiger partial charge in [-0.2, -0.15) is 0 Å². The fourth-order valence-electron chi connectivity index (χ4n) is 1.78. The third-order valence-corrected chi connectivity index (χ3v) is 2.91. The highest BCUT2D eigenvalue weighted by Gasteiger charge is 2.19. The summed E-state index contributed by atoms with van der Waals surface area (Å²) in [5.74, 6) is -2.08. The Labute approximate surface area is 116 Å². The molecule has 0 saturated heterocycles. The summed E-state index contributed by atoms with van der Waals surface area (Å²) in [6.45, 7) is 1.81. The molecule has 0 saturated carbocycles. The van der Waals surface area contributed by atoms with Gasteiger partial charge < -0.3 is 4.74 Å². The van der Waals surface area contributed by atoms with Crippen molar-refractivity contribution in [2.24, 2.45) is 0 Å². The van der Waals surface area contributed by atoms with E-state index >= 15 is 0 Å². The molecule has 4 heteroatoms. The van der Waals surface area contributed by atoms with E-state index in [4.69, 9.17) is 4.74 Å². The molecule has 0 aliphatic heterocycles. The van der Waals surface area contributed by atoms with Gasteiger partial charge in [-0.25, -0.2) is 8.78 Å². The normalized spacial score (nSPS) is 12.2. The molecule has 0 amide bonds. The van der Waals surface area contributed by atoms with Crippen LogP contribution in [0.4, 0.5) is 8.78 Å². The molecule has 1 atom stereocenters. The van der Waals surface area contributed by atoms with Crippen LogP contribution in [0.25, 0.3) is 0 Å². The molecule has 0 bridgehead atoms. The molecule has 0 N–H and O–H groups in total. The van der Waals surface area contributed by atoms with Crippen molar-refractivity contribution in [3.05, 3.63) is 71.3 Å². The molecule has 2 aromatic rings. The minimum absolute atomic E-state index is 0.160. The van der Waals surface area contributed by atoms with Gasteiger partial charge >= 0.3 is 0 Å². The van der Waals surface area contributed by atoms with Crippen molar-refractivity contribution in [2.75, 3.05) is 0 Å². The van der Waals surface area contributed by atoms with Crippen LogP contribution in [0.15, 0.2) is 48.5 Å². The van der Waals surface area contributed by atoms with E-state index in [9.17, 15) is 13.6 Å². The maximum atomic E-state index is 13.5. The number of rotatable bonds is 5. The number of Topliss-reactive ketones (excluding diaryl/α,β-unsaturated/α-hetero) is 1. The van der Waals surface area contributed by atoms with Gasteiger partial charge in [0.25, 0.3) is 0 Å². The highest BCUT2D eigenvalue weighted by Crippen LogP contribution is 2.14. The topological polar surface area (TPSA) is 26.3 Å². The van der Waals surface area contributed by atoms with Gasteiger partial charge in [0, 0.05) is 6.07 Å². The molecule has 0 spiro atoms. The molecule has 0 aromatic heterocycles. The first-order valence-electron chi connectivity index (χ1n) is 6.22. The number of halogens is 2. The number of carbonyl (C=O) groups is 1. The standard InChI is InChI=1S/C16H14F2O2/c1-11(20-10-12-5-3-2-4-6-12)16(19)14-8-7-13(17)9-15(14)18/h2-9,11H,10H2,1H3/t11-/m0/s1. The second kappa shape index (κ2) is 6.39. The Morgan fingerprint density at radius 2 is 1.85 bits per heavy atom. The van der Waals surface area contributed by atoms with Crippen LogP contribution in [0.5, 0.6) is 0 Å². The minimum Gasteiger partial charge on any atom is -0.366 e.